The maximum atomic E-state index is 5.92. The average Bonchev–Trinajstić information content (AvgIpc) is 3.37. The molecule has 4 aromatic rings. The van der Waals surface area contributed by atoms with Gasteiger partial charge in [0.2, 0.25) is 11.8 Å². The number of aromatic nitrogens is 4. The highest BCUT2D eigenvalue weighted by molar-refractivity contribution is 7.99. The van der Waals surface area contributed by atoms with E-state index in [9.17, 15) is 0 Å². The number of nitrogens with zero attached hydrogens (tertiary/aromatic N) is 4. The number of methoxy groups -OCH3 is 1. The maximum absolute atomic E-state index is 5.92. The van der Waals surface area contributed by atoms with Crippen molar-refractivity contribution in [1.29, 1.82) is 0 Å². The summed E-state index contributed by atoms with van der Waals surface area (Å²) in [5.41, 5.74) is 4.40. The maximum Gasteiger partial charge on any atom is 0.247 e. The zero-order valence-corrected chi connectivity index (χ0v) is 17.6. The average molecular weight is 407 g/mol. The molecule has 0 aliphatic rings. The molecule has 0 aliphatic heterocycles. The highest BCUT2D eigenvalue weighted by atomic mass is 32.2. The highest BCUT2D eigenvalue weighted by Crippen LogP contribution is 2.35. The van der Waals surface area contributed by atoms with Gasteiger partial charge in [-0.15, -0.1) is 10.2 Å². The van der Waals surface area contributed by atoms with Crippen LogP contribution in [0.5, 0.6) is 5.75 Å². The first-order chi connectivity index (χ1) is 14.0. The van der Waals surface area contributed by atoms with Crippen LogP contribution in [-0.4, -0.2) is 26.9 Å². The minimum absolute atomic E-state index is 0.0402. The van der Waals surface area contributed by atoms with Crippen molar-refractivity contribution in [1.82, 2.24) is 19.7 Å². The quantitative estimate of drug-likeness (QED) is 0.399. The minimum atomic E-state index is -0.0402. The van der Waals surface area contributed by atoms with E-state index in [1.165, 1.54) is 11.1 Å². The number of benzene rings is 2. The molecule has 148 valence electrons. The molecule has 1 atom stereocenters. The Labute approximate surface area is 174 Å². The van der Waals surface area contributed by atoms with Crippen LogP contribution in [0, 0.1) is 13.8 Å². The number of hydrogen-bond donors (Lipinski definition) is 0. The molecule has 1 unspecified atom stereocenters. The molecule has 2 aromatic heterocycles. The summed E-state index contributed by atoms with van der Waals surface area (Å²) in [6.45, 7) is 6.24. The Morgan fingerprint density at radius 2 is 1.76 bits per heavy atom. The molecule has 0 bridgehead atoms. The number of imidazole rings is 1. The second kappa shape index (κ2) is 8.13. The van der Waals surface area contributed by atoms with Crippen LogP contribution in [0.3, 0.4) is 0 Å². The summed E-state index contributed by atoms with van der Waals surface area (Å²) in [5, 5.41) is 9.28. The summed E-state index contributed by atoms with van der Waals surface area (Å²) >= 11 is 1.59. The Balaban J connectivity index is 1.54. The minimum Gasteiger partial charge on any atom is -0.497 e. The topological polar surface area (TPSA) is 66.0 Å². The molecule has 0 N–H and O–H groups in total. The monoisotopic (exact) mass is 406 g/mol. The lowest BCUT2D eigenvalue weighted by atomic mass is 10.1. The van der Waals surface area contributed by atoms with Crippen molar-refractivity contribution < 1.29 is 9.15 Å². The lowest BCUT2D eigenvalue weighted by Crippen LogP contribution is -1.98. The van der Waals surface area contributed by atoms with Gasteiger partial charge in [-0.3, -0.25) is 4.57 Å². The van der Waals surface area contributed by atoms with Gasteiger partial charge in [0, 0.05) is 23.6 Å². The van der Waals surface area contributed by atoms with Crippen molar-refractivity contribution in [2.75, 3.05) is 7.11 Å². The first kappa shape index (κ1) is 19.3. The Kier molecular flexibility index (Phi) is 5.40. The lowest BCUT2D eigenvalue weighted by molar-refractivity contribution is 0.415. The third kappa shape index (κ3) is 4.19. The normalized spacial score (nSPS) is 12.1. The number of rotatable bonds is 6. The van der Waals surface area contributed by atoms with Crippen molar-refractivity contribution in [3.8, 4) is 22.9 Å². The standard InChI is InChI=1S/C22H22N4O2S/c1-14-11-15(2)13-18(12-14)26-10-9-23-22(26)29-16(3)20-24-25-21(28-20)17-5-7-19(27-4)8-6-17/h5-13,16H,1-4H3. The van der Waals surface area contributed by atoms with Gasteiger partial charge in [-0.1, -0.05) is 17.8 Å². The third-order valence-electron chi connectivity index (χ3n) is 4.50. The molecule has 0 amide bonds. The van der Waals surface area contributed by atoms with E-state index >= 15 is 0 Å². The summed E-state index contributed by atoms with van der Waals surface area (Å²) < 4.78 is 13.2. The Hall–Kier alpha value is -3.06. The smallest absolute Gasteiger partial charge is 0.247 e. The zero-order chi connectivity index (χ0) is 20.4. The predicted molar refractivity (Wildman–Crippen MR) is 114 cm³/mol. The van der Waals surface area contributed by atoms with Crippen LogP contribution in [-0.2, 0) is 0 Å². The van der Waals surface area contributed by atoms with Crippen molar-refractivity contribution in [2.45, 2.75) is 31.2 Å². The molecule has 0 aliphatic carbocycles. The van der Waals surface area contributed by atoms with Crippen molar-refractivity contribution in [3.05, 3.63) is 71.9 Å². The number of ether oxygens (including phenoxy) is 1. The second-order valence-corrected chi connectivity index (χ2v) is 8.17. The molecular formula is C22H22N4O2S. The Bertz CT molecular complexity index is 1100. The van der Waals surface area contributed by atoms with Crippen molar-refractivity contribution >= 4 is 11.8 Å². The van der Waals surface area contributed by atoms with E-state index in [1.54, 1.807) is 18.9 Å². The Morgan fingerprint density at radius 3 is 2.45 bits per heavy atom. The summed E-state index contributed by atoms with van der Waals surface area (Å²) in [6.07, 6.45) is 3.78. The largest absolute Gasteiger partial charge is 0.497 e. The molecule has 2 aromatic carbocycles. The molecular weight excluding hydrogens is 384 g/mol. The summed E-state index contributed by atoms with van der Waals surface area (Å²) in [6, 6.07) is 14.0. The van der Waals surface area contributed by atoms with E-state index in [0.717, 1.165) is 22.2 Å². The van der Waals surface area contributed by atoms with Gasteiger partial charge in [-0.25, -0.2) is 4.98 Å². The molecule has 7 heteroatoms. The molecule has 0 spiro atoms. The van der Waals surface area contributed by atoms with Gasteiger partial charge in [0.05, 0.1) is 12.4 Å². The van der Waals surface area contributed by atoms with Gasteiger partial charge >= 0.3 is 0 Å². The molecule has 0 fully saturated rings. The van der Waals surface area contributed by atoms with Crippen LogP contribution in [0.15, 0.2) is 64.4 Å². The molecule has 29 heavy (non-hydrogen) atoms. The van der Waals surface area contributed by atoms with E-state index in [-0.39, 0.29) is 5.25 Å². The summed E-state index contributed by atoms with van der Waals surface area (Å²) in [5.74, 6) is 1.85. The van der Waals surface area contributed by atoms with Gasteiger partial charge in [0.25, 0.3) is 0 Å². The molecule has 0 radical (unpaired) electrons. The highest BCUT2D eigenvalue weighted by Gasteiger charge is 2.19. The second-order valence-electron chi connectivity index (χ2n) is 6.86. The zero-order valence-electron chi connectivity index (χ0n) is 16.8. The fourth-order valence-electron chi connectivity index (χ4n) is 3.12. The van der Waals surface area contributed by atoms with Crippen LogP contribution < -0.4 is 4.74 Å². The third-order valence-corrected chi connectivity index (χ3v) is 5.57. The number of aryl methyl sites for hydroxylation is 2. The fourth-order valence-corrected chi connectivity index (χ4v) is 4.03. The van der Waals surface area contributed by atoms with E-state index in [0.29, 0.717) is 11.8 Å². The first-order valence-corrected chi connectivity index (χ1v) is 10.2. The van der Waals surface area contributed by atoms with Crippen LogP contribution in [0.2, 0.25) is 0 Å². The first-order valence-electron chi connectivity index (χ1n) is 9.30. The Morgan fingerprint density at radius 1 is 1.03 bits per heavy atom. The van der Waals surface area contributed by atoms with Crippen LogP contribution in [0.4, 0.5) is 0 Å². The van der Waals surface area contributed by atoms with E-state index in [4.69, 9.17) is 9.15 Å². The molecule has 4 rings (SSSR count). The van der Waals surface area contributed by atoms with Gasteiger partial charge < -0.3 is 9.15 Å². The molecule has 2 heterocycles. The van der Waals surface area contributed by atoms with Crippen LogP contribution in [0.25, 0.3) is 17.1 Å². The van der Waals surface area contributed by atoms with Gasteiger partial charge in [0.1, 0.15) is 5.75 Å². The molecule has 0 saturated heterocycles. The van der Waals surface area contributed by atoms with Gasteiger partial charge in [-0.05, 0) is 68.3 Å². The predicted octanol–water partition coefficient (Wildman–Crippen LogP) is 5.40. The number of thioether (sulfide) groups is 1. The van der Waals surface area contributed by atoms with E-state index in [1.807, 2.05) is 43.6 Å². The van der Waals surface area contributed by atoms with Gasteiger partial charge in [0.15, 0.2) is 5.16 Å². The van der Waals surface area contributed by atoms with Crippen LogP contribution >= 0.6 is 11.8 Å². The van der Waals surface area contributed by atoms with E-state index in [2.05, 4.69) is 51.8 Å². The fraction of sp³-hybridized carbons (Fsp3) is 0.227. The lowest BCUT2D eigenvalue weighted by Gasteiger charge is -2.11. The van der Waals surface area contributed by atoms with Crippen molar-refractivity contribution in [2.24, 2.45) is 0 Å². The SMILES string of the molecule is COc1ccc(-c2nnc(C(C)Sc3nccn3-c3cc(C)cc(C)c3)o2)cc1. The van der Waals surface area contributed by atoms with E-state index < -0.39 is 0 Å². The van der Waals surface area contributed by atoms with Crippen molar-refractivity contribution in [3.63, 3.8) is 0 Å². The molecule has 6 nitrogen and oxygen atoms in total. The number of hydrogen-bond acceptors (Lipinski definition) is 6. The van der Waals surface area contributed by atoms with Gasteiger partial charge in [-0.2, -0.15) is 0 Å². The molecule has 0 saturated carbocycles. The summed E-state index contributed by atoms with van der Waals surface area (Å²) in [7, 11) is 1.64. The van der Waals surface area contributed by atoms with Crippen LogP contribution in [0.1, 0.15) is 29.2 Å². The summed E-state index contributed by atoms with van der Waals surface area (Å²) in [4.78, 5) is 4.52.